The first-order chi connectivity index (χ1) is 6.68. The van der Waals surface area contributed by atoms with Crippen molar-refractivity contribution in [3.05, 3.63) is 11.6 Å². The van der Waals surface area contributed by atoms with E-state index < -0.39 is 0 Å². The molecule has 0 aromatic rings. The van der Waals surface area contributed by atoms with Gasteiger partial charge in [-0.2, -0.15) is 0 Å². The monoisotopic (exact) mass is 196 g/mol. The smallest absolute Gasteiger partial charge is 0.0263 e. The van der Waals surface area contributed by atoms with Crippen molar-refractivity contribution >= 4 is 0 Å². The second-order valence-corrected chi connectivity index (χ2v) is 4.66. The summed E-state index contributed by atoms with van der Waals surface area (Å²) in [4.78, 5) is 0. The van der Waals surface area contributed by atoms with Gasteiger partial charge in [-0.15, -0.1) is 0 Å². The van der Waals surface area contributed by atoms with Gasteiger partial charge in [0.05, 0.1) is 0 Å². The molecular formula is C14H28. The van der Waals surface area contributed by atoms with Crippen LogP contribution in [-0.4, -0.2) is 0 Å². The first-order valence-electron chi connectivity index (χ1n) is 6.35. The van der Waals surface area contributed by atoms with Crippen LogP contribution < -0.4 is 0 Å². The maximum Gasteiger partial charge on any atom is -0.0263 e. The molecule has 0 unspecified atom stereocenters. The molecule has 0 saturated carbocycles. The van der Waals surface area contributed by atoms with Crippen LogP contribution in [0.4, 0.5) is 0 Å². The summed E-state index contributed by atoms with van der Waals surface area (Å²) >= 11 is 0. The number of rotatable bonds is 8. The lowest BCUT2D eigenvalue weighted by atomic mass is 10.0. The Labute approximate surface area is 90.8 Å². The highest BCUT2D eigenvalue weighted by Gasteiger charge is 1.94. The van der Waals surface area contributed by atoms with Crippen LogP contribution >= 0.6 is 0 Å². The van der Waals surface area contributed by atoms with Gasteiger partial charge >= 0.3 is 0 Å². The average Bonchev–Trinajstić information content (AvgIpc) is 2.16. The minimum absolute atomic E-state index is 0.732. The molecule has 0 bridgehead atoms. The standard InChI is InChI=1S/C14H28/c1-5-6-7-8-9-10-11-12-14(4)13(2)3/h12-13H,5-11H2,1-4H3/b14-12+. The fraction of sp³-hybridized carbons (Fsp3) is 0.857. The van der Waals surface area contributed by atoms with Gasteiger partial charge in [-0.1, -0.05) is 64.5 Å². The molecule has 0 fully saturated rings. The van der Waals surface area contributed by atoms with Crippen molar-refractivity contribution in [2.24, 2.45) is 5.92 Å². The Bertz CT molecular complexity index is 142. The third-order valence-corrected chi connectivity index (χ3v) is 2.93. The third kappa shape index (κ3) is 8.34. The van der Waals surface area contributed by atoms with E-state index in [-0.39, 0.29) is 0 Å². The van der Waals surface area contributed by atoms with Crippen molar-refractivity contribution in [1.82, 2.24) is 0 Å². The summed E-state index contributed by atoms with van der Waals surface area (Å²) < 4.78 is 0. The molecule has 0 aliphatic carbocycles. The Morgan fingerprint density at radius 2 is 1.57 bits per heavy atom. The molecule has 0 N–H and O–H groups in total. The summed E-state index contributed by atoms with van der Waals surface area (Å²) in [7, 11) is 0. The molecule has 0 nitrogen and oxygen atoms in total. The Morgan fingerprint density at radius 3 is 2.14 bits per heavy atom. The topological polar surface area (TPSA) is 0 Å². The van der Waals surface area contributed by atoms with Crippen LogP contribution in [0.15, 0.2) is 11.6 Å². The zero-order chi connectivity index (χ0) is 10.8. The summed E-state index contributed by atoms with van der Waals surface area (Å²) in [6, 6.07) is 0. The molecule has 0 aromatic carbocycles. The Kier molecular flexibility index (Phi) is 9.13. The van der Waals surface area contributed by atoms with Crippen molar-refractivity contribution in [3.8, 4) is 0 Å². The highest BCUT2D eigenvalue weighted by molar-refractivity contribution is 5.00. The zero-order valence-electron chi connectivity index (χ0n) is 10.6. The second-order valence-electron chi connectivity index (χ2n) is 4.66. The molecule has 0 heteroatoms. The SMILES string of the molecule is CCCCCCCC/C=C(\C)C(C)C. The van der Waals surface area contributed by atoms with Gasteiger partial charge in [-0.05, 0) is 25.7 Å². The van der Waals surface area contributed by atoms with Crippen molar-refractivity contribution in [1.29, 1.82) is 0 Å². The largest absolute Gasteiger partial charge is 0.0854 e. The minimum atomic E-state index is 0.732. The fourth-order valence-corrected chi connectivity index (χ4v) is 1.49. The number of hydrogen-bond acceptors (Lipinski definition) is 0. The van der Waals surface area contributed by atoms with E-state index in [0.717, 1.165) is 5.92 Å². The highest BCUT2D eigenvalue weighted by Crippen LogP contribution is 2.12. The van der Waals surface area contributed by atoms with E-state index >= 15 is 0 Å². The number of allylic oxidation sites excluding steroid dienone is 2. The third-order valence-electron chi connectivity index (χ3n) is 2.93. The van der Waals surface area contributed by atoms with Gasteiger partial charge in [0.15, 0.2) is 0 Å². The average molecular weight is 196 g/mol. The van der Waals surface area contributed by atoms with E-state index in [1.807, 2.05) is 0 Å². The lowest BCUT2D eigenvalue weighted by Crippen LogP contribution is -1.88. The molecule has 0 aromatic heterocycles. The van der Waals surface area contributed by atoms with Crippen LogP contribution in [0, 0.1) is 5.92 Å². The van der Waals surface area contributed by atoms with Crippen molar-refractivity contribution in [2.45, 2.75) is 72.6 Å². The summed E-state index contributed by atoms with van der Waals surface area (Å²) in [6.45, 7) is 9.07. The predicted molar refractivity (Wildman–Crippen MR) is 66.6 cm³/mol. The van der Waals surface area contributed by atoms with Gasteiger partial charge in [0.25, 0.3) is 0 Å². The molecule has 0 spiro atoms. The Balaban J connectivity index is 3.24. The molecule has 0 aliphatic heterocycles. The molecule has 0 radical (unpaired) electrons. The highest BCUT2D eigenvalue weighted by atomic mass is 14.0. The first-order valence-corrected chi connectivity index (χ1v) is 6.35. The molecule has 0 heterocycles. The first kappa shape index (κ1) is 13.7. The van der Waals surface area contributed by atoms with Crippen molar-refractivity contribution in [2.75, 3.05) is 0 Å². The van der Waals surface area contributed by atoms with E-state index in [0.29, 0.717) is 0 Å². The molecule has 0 atom stereocenters. The van der Waals surface area contributed by atoms with E-state index in [1.54, 1.807) is 5.57 Å². The maximum atomic E-state index is 2.42. The lowest BCUT2D eigenvalue weighted by Gasteiger charge is -2.04. The van der Waals surface area contributed by atoms with Crippen LogP contribution in [0.5, 0.6) is 0 Å². The molecule has 0 rings (SSSR count). The molecule has 0 saturated heterocycles. The van der Waals surface area contributed by atoms with E-state index in [4.69, 9.17) is 0 Å². The van der Waals surface area contributed by atoms with Crippen LogP contribution in [-0.2, 0) is 0 Å². The molecule has 14 heavy (non-hydrogen) atoms. The Hall–Kier alpha value is -0.260. The molecule has 0 aliphatic rings. The van der Waals surface area contributed by atoms with Gasteiger partial charge in [0.2, 0.25) is 0 Å². The quantitative estimate of drug-likeness (QED) is 0.363. The summed E-state index contributed by atoms with van der Waals surface area (Å²) in [6.07, 6.45) is 12.1. The van der Waals surface area contributed by atoms with Crippen LogP contribution in [0.1, 0.15) is 72.6 Å². The zero-order valence-corrected chi connectivity index (χ0v) is 10.6. The van der Waals surface area contributed by atoms with Gasteiger partial charge in [-0.25, -0.2) is 0 Å². The predicted octanol–water partition coefficient (Wildman–Crippen LogP) is 5.34. The van der Waals surface area contributed by atoms with Gasteiger partial charge in [0, 0.05) is 0 Å². The van der Waals surface area contributed by atoms with Crippen molar-refractivity contribution < 1.29 is 0 Å². The lowest BCUT2D eigenvalue weighted by molar-refractivity contribution is 0.609. The molecule has 84 valence electrons. The van der Waals surface area contributed by atoms with Crippen LogP contribution in [0.2, 0.25) is 0 Å². The fourth-order valence-electron chi connectivity index (χ4n) is 1.49. The minimum Gasteiger partial charge on any atom is -0.0854 e. The number of hydrogen-bond donors (Lipinski definition) is 0. The normalized spacial score (nSPS) is 12.5. The number of unbranched alkanes of at least 4 members (excludes halogenated alkanes) is 6. The second kappa shape index (κ2) is 9.30. The Morgan fingerprint density at radius 1 is 1.00 bits per heavy atom. The van der Waals surface area contributed by atoms with E-state index in [1.165, 1.54) is 44.9 Å². The van der Waals surface area contributed by atoms with Crippen molar-refractivity contribution in [3.63, 3.8) is 0 Å². The maximum absolute atomic E-state index is 2.42. The van der Waals surface area contributed by atoms with Crippen LogP contribution in [0.25, 0.3) is 0 Å². The van der Waals surface area contributed by atoms with Gasteiger partial charge in [0.1, 0.15) is 0 Å². The summed E-state index contributed by atoms with van der Waals surface area (Å²) in [5.74, 6) is 0.732. The summed E-state index contributed by atoms with van der Waals surface area (Å²) in [5.41, 5.74) is 1.55. The molecular weight excluding hydrogens is 168 g/mol. The van der Waals surface area contributed by atoms with E-state index in [9.17, 15) is 0 Å². The van der Waals surface area contributed by atoms with Gasteiger partial charge < -0.3 is 0 Å². The molecule has 0 amide bonds. The summed E-state index contributed by atoms with van der Waals surface area (Å²) in [5, 5.41) is 0. The van der Waals surface area contributed by atoms with E-state index in [2.05, 4.69) is 33.8 Å². The van der Waals surface area contributed by atoms with Gasteiger partial charge in [-0.3, -0.25) is 0 Å². The van der Waals surface area contributed by atoms with Crippen LogP contribution in [0.3, 0.4) is 0 Å².